The highest BCUT2D eigenvalue weighted by molar-refractivity contribution is 9.10. The molecule has 2 aromatic rings. The van der Waals surface area contributed by atoms with Gasteiger partial charge in [-0.3, -0.25) is 0 Å². The van der Waals surface area contributed by atoms with E-state index in [0.717, 1.165) is 40.3 Å². The predicted octanol–water partition coefficient (Wildman–Crippen LogP) is 4.20. The lowest BCUT2D eigenvalue weighted by Gasteiger charge is -2.06. The Kier molecular flexibility index (Phi) is 5.18. The first kappa shape index (κ1) is 14.0. The highest BCUT2D eigenvalue weighted by Gasteiger charge is 2.01. The summed E-state index contributed by atoms with van der Waals surface area (Å²) in [5.41, 5.74) is 2.22. The van der Waals surface area contributed by atoms with Gasteiger partial charge in [0.1, 0.15) is 0 Å². The van der Waals surface area contributed by atoms with E-state index in [-0.39, 0.29) is 0 Å². The van der Waals surface area contributed by atoms with Gasteiger partial charge in [0.2, 0.25) is 0 Å². The van der Waals surface area contributed by atoms with Crippen LogP contribution in [0.5, 0.6) is 0 Å². The number of benzene rings is 1. The summed E-state index contributed by atoms with van der Waals surface area (Å²) in [5.74, 6) is 0. The molecule has 0 radical (unpaired) electrons. The van der Waals surface area contributed by atoms with E-state index in [9.17, 15) is 0 Å². The summed E-state index contributed by atoms with van der Waals surface area (Å²) < 4.78 is 1.01. The highest BCUT2D eigenvalue weighted by Crippen LogP contribution is 2.21. The van der Waals surface area contributed by atoms with E-state index in [1.54, 1.807) is 11.3 Å². The number of rotatable bonds is 5. The van der Waals surface area contributed by atoms with E-state index in [4.69, 9.17) is 11.6 Å². The lowest BCUT2D eigenvalue weighted by atomic mass is 10.2. The summed E-state index contributed by atoms with van der Waals surface area (Å²) in [7, 11) is 0. The first-order valence-corrected chi connectivity index (χ1v) is 7.76. The van der Waals surface area contributed by atoms with Crippen LogP contribution in [0.4, 0.5) is 0 Å². The van der Waals surface area contributed by atoms with Crippen LogP contribution >= 0.6 is 38.9 Å². The molecular formula is C13H14BrClN2S. The van der Waals surface area contributed by atoms with Crippen molar-refractivity contribution in [2.24, 2.45) is 0 Å². The Labute approximate surface area is 125 Å². The fourth-order valence-electron chi connectivity index (χ4n) is 1.60. The van der Waals surface area contributed by atoms with Crippen LogP contribution in [-0.4, -0.2) is 11.5 Å². The smallest absolute Gasteiger partial charge is 0.0940 e. The third kappa shape index (κ3) is 4.05. The fraction of sp³-hybridized carbons (Fsp3) is 0.308. The van der Waals surface area contributed by atoms with E-state index in [2.05, 4.69) is 31.6 Å². The Morgan fingerprint density at radius 2 is 2.28 bits per heavy atom. The maximum Gasteiger partial charge on any atom is 0.0940 e. The lowest BCUT2D eigenvalue weighted by molar-refractivity contribution is 0.685. The Bertz CT molecular complexity index is 527. The van der Waals surface area contributed by atoms with Gasteiger partial charge in [0, 0.05) is 40.1 Å². The molecule has 18 heavy (non-hydrogen) atoms. The molecule has 2 rings (SSSR count). The molecule has 0 unspecified atom stereocenters. The number of aryl methyl sites for hydroxylation is 1. The Balaban J connectivity index is 1.78. The van der Waals surface area contributed by atoms with Gasteiger partial charge < -0.3 is 5.32 Å². The molecule has 0 aliphatic rings. The van der Waals surface area contributed by atoms with Crippen LogP contribution < -0.4 is 5.32 Å². The van der Waals surface area contributed by atoms with Crippen molar-refractivity contribution in [3.8, 4) is 0 Å². The number of thiazole rings is 1. The van der Waals surface area contributed by atoms with Crippen LogP contribution in [-0.2, 0) is 13.0 Å². The van der Waals surface area contributed by atoms with Crippen molar-refractivity contribution in [2.45, 2.75) is 19.9 Å². The molecule has 96 valence electrons. The molecule has 0 atom stereocenters. The van der Waals surface area contributed by atoms with Crippen molar-refractivity contribution < 1.29 is 0 Å². The number of hydrogen-bond donors (Lipinski definition) is 1. The predicted molar refractivity (Wildman–Crippen MR) is 81.4 cm³/mol. The quantitative estimate of drug-likeness (QED) is 0.822. The highest BCUT2D eigenvalue weighted by atomic mass is 79.9. The van der Waals surface area contributed by atoms with Crippen molar-refractivity contribution in [2.75, 3.05) is 6.54 Å². The van der Waals surface area contributed by atoms with E-state index < -0.39 is 0 Å². The minimum atomic E-state index is 0.788. The van der Waals surface area contributed by atoms with Gasteiger partial charge in [-0.15, -0.1) is 11.3 Å². The Hall–Kier alpha value is -0.420. The van der Waals surface area contributed by atoms with Gasteiger partial charge >= 0.3 is 0 Å². The molecule has 0 saturated heterocycles. The third-order valence-corrected chi connectivity index (χ3v) is 4.38. The number of halogens is 2. The van der Waals surface area contributed by atoms with Gasteiger partial charge in [0.05, 0.1) is 5.01 Å². The van der Waals surface area contributed by atoms with Gasteiger partial charge in [0.25, 0.3) is 0 Å². The van der Waals surface area contributed by atoms with Crippen molar-refractivity contribution in [3.63, 3.8) is 0 Å². The van der Waals surface area contributed by atoms with Gasteiger partial charge in [0.15, 0.2) is 0 Å². The number of hydrogen-bond acceptors (Lipinski definition) is 3. The zero-order chi connectivity index (χ0) is 13.0. The van der Waals surface area contributed by atoms with Crippen LogP contribution in [0.15, 0.2) is 28.1 Å². The van der Waals surface area contributed by atoms with Crippen molar-refractivity contribution in [3.05, 3.63) is 49.3 Å². The van der Waals surface area contributed by atoms with Gasteiger partial charge in [-0.25, -0.2) is 4.98 Å². The molecule has 1 aromatic heterocycles. The van der Waals surface area contributed by atoms with Crippen LogP contribution in [0.25, 0.3) is 0 Å². The van der Waals surface area contributed by atoms with Crippen LogP contribution in [0.1, 0.15) is 16.3 Å². The second-order valence-electron chi connectivity index (χ2n) is 4.05. The number of nitrogens with one attached hydrogen (secondary N) is 1. The minimum absolute atomic E-state index is 0.788. The van der Waals surface area contributed by atoms with Crippen LogP contribution in [0, 0.1) is 6.92 Å². The van der Waals surface area contributed by atoms with Crippen LogP contribution in [0.3, 0.4) is 0 Å². The monoisotopic (exact) mass is 344 g/mol. The molecule has 0 aliphatic carbocycles. The molecular weight excluding hydrogens is 332 g/mol. The van der Waals surface area contributed by atoms with E-state index >= 15 is 0 Å². The number of aromatic nitrogens is 1. The standard InChI is InChI=1S/C13H14BrClN2S/c1-9-8-18-13(17-9)4-5-16-7-10-2-3-11(14)6-12(10)15/h2-3,6,8,16H,4-5,7H2,1H3. The SMILES string of the molecule is Cc1csc(CCNCc2ccc(Br)cc2Cl)n1. The maximum atomic E-state index is 6.15. The van der Waals surface area contributed by atoms with Gasteiger partial charge in [-0.2, -0.15) is 0 Å². The Morgan fingerprint density at radius 1 is 1.44 bits per heavy atom. The summed E-state index contributed by atoms with van der Waals surface area (Å²) in [5, 5.41) is 7.45. The van der Waals surface area contributed by atoms with Crippen molar-refractivity contribution in [1.29, 1.82) is 0 Å². The average molecular weight is 346 g/mol. The first-order valence-electron chi connectivity index (χ1n) is 5.71. The molecule has 1 heterocycles. The molecule has 0 bridgehead atoms. The summed E-state index contributed by atoms with van der Waals surface area (Å²) in [6.07, 6.45) is 0.965. The van der Waals surface area contributed by atoms with E-state index in [1.165, 1.54) is 5.01 Å². The molecule has 5 heteroatoms. The Morgan fingerprint density at radius 3 is 2.94 bits per heavy atom. The molecule has 2 nitrogen and oxygen atoms in total. The molecule has 0 fully saturated rings. The van der Waals surface area contributed by atoms with E-state index in [1.807, 2.05) is 25.1 Å². The summed E-state index contributed by atoms with van der Waals surface area (Å²) in [6, 6.07) is 5.96. The molecule has 1 aromatic carbocycles. The topological polar surface area (TPSA) is 24.9 Å². The molecule has 0 aliphatic heterocycles. The van der Waals surface area contributed by atoms with Gasteiger partial charge in [-0.1, -0.05) is 33.6 Å². The molecule has 1 N–H and O–H groups in total. The average Bonchev–Trinajstić information content (AvgIpc) is 2.73. The third-order valence-electron chi connectivity index (χ3n) is 2.51. The second-order valence-corrected chi connectivity index (χ2v) is 6.31. The maximum absolute atomic E-state index is 6.15. The molecule has 0 amide bonds. The fourth-order valence-corrected chi connectivity index (χ4v) is 3.12. The van der Waals surface area contributed by atoms with E-state index in [0.29, 0.717) is 0 Å². The zero-order valence-corrected chi connectivity index (χ0v) is 13.2. The first-order chi connectivity index (χ1) is 8.65. The summed E-state index contributed by atoms with van der Waals surface area (Å²) in [6.45, 7) is 3.73. The normalized spacial score (nSPS) is 10.8. The summed E-state index contributed by atoms with van der Waals surface area (Å²) in [4.78, 5) is 4.43. The van der Waals surface area contributed by atoms with Crippen molar-refractivity contribution in [1.82, 2.24) is 10.3 Å². The molecule has 0 saturated carbocycles. The van der Waals surface area contributed by atoms with Gasteiger partial charge in [-0.05, 0) is 24.6 Å². The summed E-state index contributed by atoms with van der Waals surface area (Å²) >= 11 is 11.3. The zero-order valence-electron chi connectivity index (χ0n) is 10.0. The molecule has 0 spiro atoms. The largest absolute Gasteiger partial charge is 0.312 e. The minimum Gasteiger partial charge on any atom is -0.312 e. The van der Waals surface area contributed by atoms with Crippen LogP contribution in [0.2, 0.25) is 5.02 Å². The van der Waals surface area contributed by atoms with Crippen molar-refractivity contribution >= 4 is 38.9 Å². The second kappa shape index (κ2) is 6.66. The number of nitrogens with zero attached hydrogens (tertiary/aromatic N) is 1. The lowest BCUT2D eigenvalue weighted by Crippen LogP contribution is -2.16.